The highest BCUT2D eigenvalue weighted by atomic mass is 16.5. The van der Waals surface area contributed by atoms with E-state index in [2.05, 4.69) is 6.58 Å². The number of carbonyl (C=O) groups is 1. The predicted octanol–water partition coefficient (Wildman–Crippen LogP) is 3.20. The van der Waals surface area contributed by atoms with Gasteiger partial charge in [0.05, 0.1) is 6.61 Å². The quantitative estimate of drug-likeness (QED) is 0.570. The van der Waals surface area contributed by atoms with Gasteiger partial charge in [-0.3, -0.25) is 4.79 Å². The van der Waals surface area contributed by atoms with Gasteiger partial charge in [-0.05, 0) is 29.7 Å². The highest BCUT2D eigenvalue weighted by molar-refractivity contribution is 5.75. The number of aldehydes is 1. The Labute approximate surface area is 95.2 Å². The van der Waals surface area contributed by atoms with E-state index in [-0.39, 0.29) is 6.10 Å². The molecule has 0 spiro atoms. The smallest absolute Gasteiger partial charge is 0.150 e. The molecule has 1 aliphatic heterocycles. The molecule has 0 saturated heterocycles. The molecule has 0 aliphatic carbocycles. The summed E-state index contributed by atoms with van der Waals surface area (Å²) < 4.78 is 5.67. The first-order valence-corrected chi connectivity index (χ1v) is 5.27. The second-order valence-corrected chi connectivity index (χ2v) is 3.84. The Morgan fingerprint density at radius 3 is 3.06 bits per heavy atom. The Bertz CT molecular complexity index is 458. The van der Waals surface area contributed by atoms with Crippen molar-refractivity contribution in [3.8, 4) is 0 Å². The van der Waals surface area contributed by atoms with Crippen LogP contribution < -0.4 is 0 Å². The molecule has 82 valence electrons. The van der Waals surface area contributed by atoms with Gasteiger partial charge in [0.25, 0.3) is 0 Å². The first-order chi connectivity index (χ1) is 7.76. The lowest BCUT2D eigenvalue weighted by molar-refractivity contribution is 0.0937. The Morgan fingerprint density at radius 2 is 2.38 bits per heavy atom. The topological polar surface area (TPSA) is 26.3 Å². The zero-order chi connectivity index (χ0) is 11.5. The zero-order valence-electron chi connectivity index (χ0n) is 9.27. The standard InChI is InChI=1S/C14H14O2/c1-3-4-10(2)14-13-6-5-11(8-15)7-12(13)9-16-14/h3-8,14H,2,9H2,1H3/b4-3-. The van der Waals surface area contributed by atoms with Crippen LogP contribution in [0.2, 0.25) is 0 Å². The molecule has 0 bridgehead atoms. The van der Waals surface area contributed by atoms with Crippen LogP contribution in [0.4, 0.5) is 0 Å². The van der Waals surface area contributed by atoms with Crippen molar-refractivity contribution in [1.29, 1.82) is 0 Å². The lowest BCUT2D eigenvalue weighted by Crippen LogP contribution is -1.97. The van der Waals surface area contributed by atoms with E-state index in [4.69, 9.17) is 4.74 Å². The number of carbonyl (C=O) groups excluding carboxylic acids is 1. The Hall–Kier alpha value is -1.67. The van der Waals surface area contributed by atoms with E-state index in [0.717, 1.165) is 23.0 Å². The van der Waals surface area contributed by atoms with Crippen molar-refractivity contribution < 1.29 is 9.53 Å². The van der Waals surface area contributed by atoms with Gasteiger partial charge < -0.3 is 4.74 Å². The zero-order valence-corrected chi connectivity index (χ0v) is 9.27. The molecule has 16 heavy (non-hydrogen) atoms. The average Bonchev–Trinajstić information content (AvgIpc) is 2.71. The van der Waals surface area contributed by atoms with Gasteiger partial charge in [0.2, 0.25) is 0 Å². The van der Waals surface area contributed by atoms with Crippen molar-refractivity contribution in [2.45, 2.75) is 19.6 Å². The molecule has 2 nitrogen and oxygen atoms in total. The highest BCUT2D eigenvalue weighted by Gasteiger charge is 2.24. The molecule has 0 N–H and O–H groups in total. The third-order valence-electron chi connectivity index (χ3n) is 2.71. The maximum Gasteiger partial charge on any atom is 0.150 e. The van der Waals surface area contributed by atoms with Crippen molar-refractivity contribution in [2.24, 2.45) is 0 Å². The summed E-state index contributed by atoms with van der Waals surface area (Å²) in [6, 6.07) is 5.65. The summed E-state index contributed by atoms with van der Waals surface area (Å²) in [6.07, 6.45) is 4.69. The monoisotopic (exact) mass is 214 g/mol. The van der Waals surface area contributed by atoms with E-state index in [0.29, 0.717) is 12.2 Å². The van der Waals surface area contributed by atoms with Crippen LogP contribution >= 0.6 is 0 Å². The molecule has 1 heterocycles. The van der Waals surface area contributed by atoms with Crippen molar-refractivity contribution >= 4 is 6.29 Å². The van der Waals surface area contributed by atoms with Crippen LogP contribution in [0.5, 0.6) is 0 Å². The van der Waals surface area contributed by atoms with Gasteiger partial charge in [0, 0.05) is 5.56 Å². The van der Waals surface area contributed by atoms with Gasteiger partial charge in [-0.2, -0.15) is 0 Å². The Balaban J connectivity index is 2.33. The lowest BCUT2D eigenvalue weighted by atomic mass is 9.98. The number of fused-ring (bicyclic) bond motifs is 1. The molecule has 0 radical (unpaired) electrons. The van der Waals surface area contributed by atoms with Crippen LogP contribution in [0, 0.1) is 0 Å². The average molecular weight is 214 g/mol. The first-order valence-electron chi connectivity index (χ1n) is 5.27. The van der Waals surface area contributed by atoms with E-state index in [9.17, 15) is 4.79 Å². The van der Waals surface area contributed by atoms with Crippen molar-refractivity contribution in [3.05, 3.63) is 59.2 Å². The summed E-state index contributed by atoms with van der Waals surface area (Å²) in [5.41, 5.74) is 3.84. The van der Waals surface area contributed by atoms with E-state index in [1.165, 1.54) is 0 Å². The fourth-order valence-electron chi connectivity index (χ4n) is 1.95. The summed E-state index contributed by atoms with van der Waals surface area (Å²) >= 11 is 0. The fraction of sp³-hybridized carbons (Fsp3) is 0.214. The maximum atomic E-state index is 10.7. The molecule has 1 aliphatic rings. The molecule has 1 atom stereocenters. The van der Waals surface area contributed by atoms with Crippen LogP contribution in [-0.4, -0.2) is 6.29 Å². The molecule has 1 aromatic rings. The second kappa shape index (κ2) is 4.45. The number of hydrogen-bond acceptors (Lipinski definition) is 2. The molecule has 0 amide bonds. The first kappa shape index (κ1) is 10.8. The second-order valence-electron chi connectivity index (χ2n) is 3.84. The van der Waals surface area contributed by atoms with Gasteiger partial charge in [-0.25, -0.2) is 0 Å². The third kappa shape index (κ3) is 1.84. The summed E-state index contributed by atoms with van der Waals surface area (Å²) in [5.74, 6) is 0. The number of hydrogen-bond donors (Lipinski definition) is 0. The van der Waals surface area contributed by atoms with Gasteiger partial charge in [0.1, 0.15) is 12.4 Å². The van der Waals surface area contributed by atoms with Gasteiger partial charge in [-0.15, -0.1) is 0 Å². The molecule has 2 rings (SSSR count). The SMILES string of the molecule is C=C(/C=C\C)C1OCc2cc(C=O)ccc21. The van der Waals surface area contributed by atoms with E-state index < -0.39 is 0 Å². The highest BCUT2D eigenvalue weighted by Crippen LogP contribution is 2.35. The summed E-state index contributed by atoms with van der Waals surface area (Å²) in [6.45, 7) is 6.50. The molecule has 1 aromatic carbocycles. The number of rotatable bonds is 3. The Kier molecular flexibility index (Phi) is 3.02. The number of ether oxygens (including phenoxy) is 1. The van der Waals surface area contributed by atoms with E-state index in [1.54, 1.807) is 0 Å². The molecule has 0 fully saturated rings. The van der Waals surface area contributed by atoms with Crippen LogP contribution in [0.25, 0.3) is 0 Å². The summed E-state index contributed by atoms with van der Waals surface area (Å²) in [4.78, 5) is 10.7. The van der Waals surface area contributed by atoms with E-state index in [1.807, 2.05) is 37.3 Å². The van der Waals surface area contributed by atoms with Crippen LogP contribution in [0.1, 0.15) is 34.5 Å². The minimum Gasteiger partial charge on any atom is -0.364 e. The van der Waals surface area contributed by atoms with Crippen molar-refractivity contribution in [3.63, 3.8) is 0 Å². The van der Waals surface area contributed by atoms with Gasteiger partial charge >= 0.3 is 0 Å². The Morgan fingerprint density at radius 1 is 1.56 bits per heavy atom. The van der Waals surface area contributed by atoms with Crippen LogP contribution in [-0.2, 0) is 11.3 Å². The summed E-state index contributed by atoms with van der Waals surface area (Å²) in [5, 5.41) is 0. The lowest BCUT2D eigenvalue weighted by Gasteiger charge is -2.11. The third-order valence-corrected chi connectivity index (χ3v) is 2.71. The molecule has 0 saturated carbocycles. The summed E-state index contributed by atoms with van der Waals surface area (Å²) in [7, 11) is 0. The van der Waals surface area contributed by atoms with Crippen LogP contribution in [0.3, 0.4) is 0 Å². The predicted molar refractivity (Wildman–Crippen MR) is 63.3 cm³/mol. The molecular weight excluding hydrogens is 200 g/mol. The number of allylic oxidation sites excluding steroid dienone is 1. The fourth-order valence-corrected chi connectivity index (χ4v) is 1.95. The van der Waals surface area contributed by atoms with E-state index >= 15 is 0 Å². The van der Waals surface area contributed by atoms with Gasteiger partial charge in [0.15, 0.2) is 0 Å². The maximum absolute atomic E-state index is 10.7. The molecule has 2 heteroatoms. The van der Waals surface area contributed by atoms with Crippen LogP contribution in [0.15, 0.2) is 42.5 Å². The minimum atomic E-state index is -0.0631. The van der Waals surface area contributed by atoms with Crippen molar-refractivity contribution in [2.75, 3.05) is 0 Å². The largest absolute Gasteiger partial charge is 0.364 e. The van der Waals surface area contributed by atoms with Crippen molar-refractivity contribution in [1.82, 2.24) is 0 Å². The molecule has 0 aromatic heterocycles. The molecular formula is C14H14O2. The minimum absolute atomic E-state index is 0.0631. The van der Waals surface area contributed by atoms with Gasteiger partial charge in [-0.1, -0.05) is 30.9 Å². The number of benzene rings is 1. The normalized spacial score (nSPS) is 18.7. The molecule has 1 unspecified atom stereocenters.